The second-order valence-electron chi connectivity index (χ2n) is 4.45. The number of aliphatic hydroxyl groups is 1. The first-order valence-corrected chi connectivity index (χ1v) is 4.91. The van der Waals surface area contributed by atoms with Gasteiger partial charge in [0.1, 0.15) is 5.60 Å². The van der Waals surface area contributed by atoms with Crippen LogP contribution in [0.4, 0.5) is 0 Å². The van der Waals surface area contributed by atoms with E-state index in [9.17, 15) is 9.90 Å². The molecule has 14 heavy (non-hydrogen) atoms. The molecule has 4 nitrogen and oxygen atoms in total. The minimum atomic E-state index is -0.740. The van der Waals surface area contributed by atoms with Gasteiger partial charge in [-0.25, -0.2) is 0 Å². The molecule has 1 fully saturated rings. The van der Waals surface area contributed by atoms with E-state index in [1.807, 2.05) is 6.92 Å². The third-order valence-electron chi connectivity index (χ3n) is 2.93. The SMILES string of the molecule is CCC(C)(OC)C(=O)N1CC(C)(O)C1. The second-order valence-corrected chi connectivity index (χ2v) is 4.45. The van der Waals surface area contributed by atoms with E-state index in [4.69, 9.17) is 4.74 Å². The minimum Gasteiger partial charge on any atom is -0.386 e. The molecule has 1 heterocycles. The number of rotatable bonds is 3. The van der Waals surface area contributed by atoms with Crippen LogP contribution < -0.4 is 0 Å². The van der Waals surface area contributed by atoms with Crippen LogP contribution >= 0.6 is 0 Å². The van der Waals surface area contributed by atoms with Gasteiger partial charge in [0.05, 0.1) is 18.7 Å². The predicted molar refractivity (Wildman–Crippen MR) is 52.9 cm³/mol. The largest absolute Gasteiger partial charge is 0.386 e. The van der Waals surface area contributed by atoms with Crippen LogP contribution in [0.25, 0.3) is 0 Å². The Hall–Kier alpha value is -0.610. The summed E-state index contributed by atoms with van der Waals surface area (Å²) in [4.78, 5) is 13.5. The van der Waals surface area contributed by atoms with Gasteiger partial charge in [-0.15, -0.1) is 0 Å². The molecule has 1 N–H and O–H groups in total. The zero-order valence-corrected chi connectivity index (χ0v) is 9.33. The Morgan fingerprint density at radius 3 is 2.43 bits per heavy atom. The molecule has 0 aromatic carbocycles. The van der Waals surface area contributed by atoms with Crippen molar-refractivity contribution in [3.8, 4) is 0 Å². The number of amides is 1. The number of ether oxygens (including phenoxy) is 1. The van der Waals surface area contributed by atoms with E-state index in [0.29, 0.717) is 19.5 Å². The van der Waals surface area contributed by atoms with Gasteiger partial charge >= 0.3 is 0 Å². The van der Waals surface area contributed by atoms with Crippen LogP contribution in [-0.2, 0) is 9.53 Å². The van der Waals surface area contributed by atoms with Gasteiger partial charge in [0, 0.05) is 7.11 Å². The Morgan fingerprint density at radius 1 is 1.64 bits per heavy atom. The van der Waals surface area contributed by atoms with E-state index >= 15 is 0 Å². The Morgan fingerprint density at radius 2 is 2.14 bits per heavy atom. The molecule has 0 spiro atoms. The summed E-state index contributed by atoms with van der Waals surface area (Å²) < 4.78 is 5.20. The maximum atomic E-state index is 11.9. The molecule has 0 radical (unpaired) electrons. The minimum absolute atomic E-state index is 0.0333. The molecule has 0 saturated carbocycles. The van der Waals surface area contributed by atoms with Crippen molar-refractivity contribution in [3.05, 3.63) is 0 Å². The van der Waals surface area contributed by atoms with Gasteiger partial charge in [0.25, 0.3) is 5.91 Å². The Kier molecular flexibility index (Phi) is 2.88. The number of methoxy groups -OCH3 is 1. The van der Waals surface area contributed by atoms with Gasteiger partial charge in [-0.05, 0) is 20.3 Å². The summed E-state index contributed by atoms with van der Waals surface area (Å²) in [7, 11) is 1.54. The fourth-order valence-electron chi connectivity index (χ4n) is 1.64. The molecule has 0 aromatic heterocycles. The molecule has 82 valence electrons. The Bertz CT molecular complexity index is 226. The van der Waals surface area contributed by atoms with E-state index < -0.39 is 11.2 Å². The van der Waals surface area contributed by atoms with Crippen LogP contribution in [-0.4, -0.2) is 47.3 Å². The molecular formula is C10H19NO3. The fourth-order valence-corrected chi connectivity index (χ4v) is 1.64. The van der Waals surface area contributed by atoms with Crippen molar-refractivity contribution >= 4 is 5.91 Å². The first-order chi connectivity index (χ1) is 6.34. The van der Waals surface area contributed by atoms with Crippen LogP contribution in [0.5, 0.6) is 0 Å². The van der Waals surface area contributed by atoms with Gasteiger partial charge in [-0.3, -0.25) is 4.79 Å². The van der Waals surface area contributed by atoms with Crippen LogP contribution in [0.1, 0.15) is 27.2 Å². The maximum Gasteiger partial charge on any atom is 0.254 e. The maximum absolute atomic E-state index is 11.9. The third-order valence-corrected chi connectivity index (χ3v) is 2.93. The summed E-state index contributed by atoms with van der Waals surface area (Å²) in [5, 5.41) is 9.51. The lowest BCUT2D eigenvalue weighted by molar-refractivity contribution is -0.173. The van der Waals surface area contributed by atoms with Crippen molar-refractivity contribution < 1.29 is 14.6 Å². The highest BCUT2D eigenvalue weighted by Gasteiger charge is 2.45. The molecule has 0 aromatic rings. The zero-order chi connectivity index (χ0) is 11.0. The molecule has 1 unspecified atom stereocenters. The van der Waals surface area contributed by atoms with Gasteiger partial charge in [0.15, 0.2) is 0 Å². The first kappa shape index (κ1) is 11.5. The topological polar surface area (TPSA) is 49.8 Å². The first-order valence-electron chi connectivity index (χ1n) is 4.91. The van der Waals surface area contributed by atoms with Gasteiger partial charge in [-0.2, -0.15) is 0 Å². The number of hydrogen-bond acceptors (Lipinski definition) is 3. The zero-order valence-electron chi connectivity index (χ0n) is 9.33. The molecule has 1 atom stereocenters. The summed E-state index contributed by atoms with van der Waals surface area (Å²) in [5.41, 5.74) is -1.45. The molecule has 1 aliphatic heterocycles. The number of likely N-dealkylation sites (tertiary alicyclic amines) is 1. The third kappa shape index (κ3) is 1.91. The van der Waals surface area contributed by atoms with Crippen molar-refractivity contribution in [2.75, 3.05) is 20.2 Å². The van der Waals surface area contributed by atoms with Gasteiger partial charge in [0.2, 0.25) is 0 Å². The van der Waals surface area contributed by atoms with E-state index in [1.165, 1.54) is 0 Å². The summed E-state index contributed by atoms with van der Waals surface area (Å²) in [6.07, 6.45) is 0.640. The monoisotopic (exact) mass is 201 g/mol. The van der Waals surface area contributed by atoms with E-state index in [2.05, 4.69) is 0 Å². The number of carbonyl (C=O) groups excluding carboxylic acids is 1. The smallest absolute Gasteiger partial charge is 0.254 e. The fraction of sp³-hybridized carbons (Fsp3) is 0.900. The van der Waals surface area contributed by atoms with Crippen LogP contribution in [0.2, 0.25) is 0 Å². The van der Waals surface area contributed by atoms with E-state index in [1.54, 1.807) is 25.9 Å². The van der Waals surface area contributed by atoms with Crippen molar-refractivity contribution in [1.29, 1.82) is 0 Å². The summed E-state index contributed by atoms with van der Waals surface area (Å²) in [6.45, 7) is 6.24. The lowest BCUT2D eigenvalue weighted by atomic mass is 9.92. The average Bonchev–Trinajstić information content (AvgIpc) is 2.11. The number of carbonyl (C=O) groups is 1. The summed E-state index contributed by atoms with van der Waals surface area (Å²) in [6, 6.07) is 0. The van der Waals surface area contributed by atoms with Crippen LogP contribution in [0, 0.1) is 0 Å². The molecule has 0 aliphatic carbocycles. The lowest BCUT2D eigenvalue weighted by Gasteiger charge is -2.47. The molecule has 1 aliphatic rings. The quantitative estimate of drug-likeness (QED) is 0.719. The molecule has 1 amide bonds. The molecule has 0 bridgehead atoms. The molecule has 4 heteroatoms. The number of nitrogens with zero attached hydrogens (tertiary/aromatic N) is 1. The highest BCUT2D eigenvalue weighted by atomic mass is 16.5. The summed E-state index contributed by atoms with van der Waals surface area (Å²) >= 11 is 0. The van der Waals surface area contributed by atoms with Crippen LogP contribution in [0.15, 0.2) is 0 Å². The Balaban J connectivity index is 2.59. The normalized spacial score (nSPS) is 23.9. The van der Waals surface area contributed by atoms with Crippen LogP contribution in [0.3, 0.4) is 0 Å². The predicted octanol–water partition coefficient (Wildman–Crippen LogP) is 0.395. The molecular weight excluding hydrogens is 182 g/mol. The van der Waals surface area contributed by atoms with Crippen molar-refractivity contribution in [2.45, 2.75) is 38.4 Å². The van der Waals surface area contributed by atoms with Crippen molar-refractivity contribution in [3.63, 3.8) is 0 Å². The number of β-amino-alcohol motifs (C(OH)–C–C–N with tert-alkyl or cyclic N) is 1. The molecule has 1 rings (SSSR count). The van der Waals surface area contributed by atoms with E-state index in [0.717, 1.165) is 0 Å². The standard InChI is InChI=1S/C10H19NO3/c1-5-10(3,14-4)8(12)11-6-9(2,13)7-11/h13H,5-7H2,1-4H3. The highest BCUT2D eigenvalue weighted by Crippen LogP contribution is 2.26. The molecule has 1 saturated heterocycles. The number of hydrogen-bond donors (Lipinski definition) is 1. The van der Waals surface area contributed by atoms with E-state index in [-0.39, 0.29) is 5.91 Å². The van der Waals surface area contributed by atoms with Crippen molar-refractivity contribution in [1.82, 2.24) is 4.90 Å². The lowest BCUT2D eigenvalue weighted by Crippen LogP contribution is -2.65. The highest BCUT2D eigenvalue weighted by molar-refractivity contribution is 5.85. The van der Waals surface area contributed by atoms with Crippen molar-refractivity contribution in [2.24, 2.45) is 0 Å². The average molecular weight is 201 g/mol. The van der Waals surface area contributed by atoms with Gasteiger partial charge in [-0.1, -0.05) is 6.92 Å². The summed E-state index contributed by atoms with van der Waals surface area (Å²) in [5.74, 6) is -0.0333. The van der Waals surface area contributed by atoms with Gasteiger partial charge < -0.3 is 14.7 Å². The Labute approximate surface area is 84.8 Å². The second kappa shape index (κ2) is 3.51.